The molecule has 0 atom stereocenters. The average molecular weight is 198 g/mol. The SMILES string of the molecule is COC(=O)CNc1cc(N)cc(F)c1. The normalized spacial score (nSPS) is 9.57. The molecule has 0 aliphatic heterocycles. The minimum Gasteiger partial charge on any atom is -0.468 e. The van der Waals surface area contributed by atoms with E-state index in [9.17, 15) is 9.18 Å². The lowest BCUT2D eigenvalue weighted by Crippen LogP contribution is -2.15. The number of nitrogens with two attached hydrogens (primary N) is 1. The van der Waals surface area contributed by atoms with Crippen LogP contribution in [0.5, 0.6) is 0 Å². The highest BCUT2D eigenvalue weighted by Crippen LogP contribution is 2.14. The summed E-state index contributed by atoms with van der Waals surface area (Å²) in [5, 5.41) is 2.68. The largest absolute Gasteiger partial charge is 0.468 e. The van der Waals surface area contributed by atoms with E-state index in [1.54, 1.807) is 0 Å². The molecule has 14 heavy (non-hydrogen) atoms. The third-order valence-corrected chi connectivity index (χ3v) is 1.58. The van der Waals surface area contributed by atoms with Crippen molar-refractivity contribution < 1.29 is 13.9 Å². The van der Waals surface area contributed by atoms with E-state index < -0.39 is 11.8 Å². The number of nitrogen functional groups attached to an aromatic ring is 1. The van der Waals surface area contributed by atoms with Crippen LogP contribution in [0, 0.1) is 5.82 Å². The van der Waals surface area contributed by atoms with Gasteiger partial charge in [-0.05, 0) is 18.2 Å². The van der Waals surface area contributed by atoms with E-state index >= 15 is 0 Å². The predicted octanol–water partition coefficient (Wildman–Crippen LogP) is 0.993. The van der Waals surface area contributed by atoms with Crippen LogP contribution in [0.25, 0.3) is 0 Å². The standard InChI is InChI=1S/C9H11FN2O2/c1-14-9(13)5-12-8-3-6(10)2-7(11)4-8/h2-4,12H,5,11H2,1H3. The first-order valence-corrected chi connectivity index (χ1v) is 3.98. The lowest BCUT2D eigenvalue weighted by atomic mass is 10.2. The number of hydrogen-bond acceptors (Lipinski definition) is 4. The lowest BCUT2D eigenvalue weighted by Gasteiger charge is -2.05. The third-order valence-electron chi connectivity index (χ3n) is 1.58. The first-order chi connectivity index (χ1) is 6.61. The molecular formula is C9H11FN2O2. The van der Waals surface area contributed by atoms with E-state index in [1.807, 2.05) is 0 Å². The van der Waals surface area contributed by atoms with E-state index in [2.05, 4.69) is 10.1 Å². The zero-order valence-electron chi connectivity index (χ0n) is 7.71. The molecule has 0 heterocycles. The molecule has 1 aromatic rings. The van der Waals surface area contributed by atoms with Crippen molar-refractivity contribution in [3.8, 4) is 0 Å². The second kappa shape index (κ2) is 4.45. The predicted molar refractivity (Wildman–Crippen MR) is 51.3 cm³/mol. The number of methoxy groups -OCH3 is 1. The van der Waals surface area contributed by atoms with Crippen LogP contribution in [-0.4, -0.2) is 19.6 Å². The summed E-state index contributed by atoms with van der Waals surface area (Å²) in [7, 11) is 1.28. The van der Waals surface area contributed by atoms with Crippen LogP contribution in [0.15, 0.2) is 18.2 Å². The van der Waals surface area contributed by atoms with Crippen LogP contribution in [-0.2, 0) is 9.53 Å². The molecule has 1 aromatic carbocycles. The fraction of sp³-hybridized carbons (Fsp3) is 0.222. The maximum atomic E-state index is 12.8. The molecule has 0 saturated heterocycles. The minimum atomic E-state index is -0.447. The summed E-state index contributed by atoms with van der Waals surface area (Å²) in [4.78, 5) is 10.7. The molecule has 0 spiro atoms. The van der Waals surface area contributed by atoms with Gasteiger partial charge in [-0.15, -0.1) is 0 Å². The number of benzene rings is 1. The molecule has 0 bridgehead atoms. The van der Waals surface area contributed by atoms with Crippen molar-refractivity contribution in [3.63, 3.8) is 0 Å². The zero-order valence-corrected chi connectivity index (χ0v) is 7.71. The molecule has 1 rings (SSSR count). The fourth-order valence-electron chi connectivity index (χ4n) is 0.961. The Hall–Kier alpha value is -1.78. The quantitative estimate of drug-likeness (QED) is 0.561. The Kier molecular flexibility index (Phi) is 3.28. The highest BCUT2D eigenvalue weighted by Gasteiger charge is 2.01. The molecule has 3 N–H and O–H groups in total. The van der Waals surface area contributed by atoms with Gasteiger partial charge in [0, 0.05) is 11.4 Å². The Bertz CT molecular complexity index is 321. The third kappa shape index (κ3) is 2.93. The highest BCUT2D eigenvalue weighted by atomic mass is 19.1. The lowest BCUT2D eigenvalue weighted by molar-refractivity contribution is -0.138. The van der Waals surface area contributed by atoms with E-state index in [4.69, 9.17) is 5.73 Å². The number of esters is 1. The van der Waals surface area contributed by atoms with Crippen molar-refractivity contribution in [2.24, 2.45) is 0 Å². The van der Waals surface area contributed by atoms with Gasteiger partial charge in [0.1, 0.15) is 12.4 Å². The summed E-state index contributed by atoms with van der Waals surface area (Å²) in [5.41, 5.74) is 6.16. The monoisotopic (exact) mass is 198 g/mol. The average Bonchev–Trinajstić information content (AvgIpc) is 2.12. The van der Waals surface area contributed by atoms with Crippen LogP contribution in [0.4, 0.5) is 15.8 Å². The Morgan fingerprint density at radius 3 is 2.86 bits per heavy atom. The highest BCUT2D eigenvalue weighted by molar-refractivity contribution is 5.75. The summed E-state index contributed by atoms with van der Waals surface area (Å²) >= 11 is 0. The number of rotatable bonds is 3. The number of carbonyl (C=O) groups excluding carboxylic acids is 1. The number of carbonyl (C=O) groups is 1. The van der Waals surface area contributed by atoms with Crippen molar-refractivity contribution in [2.75, 3.05) is 24.7 Å². The maximum Gasteiger partial charge on any atom is 0.325 e. The maximum absolute atomic E-state index is 12.8. The molecule has 0 saturated carbocycles. The van der Waals surface area contributed by atoms with Crippen LogP contribution in [0.3, 0.4) is 0 Å². The molecule has 0 radical (unpaired) electrons. The van der Waals surface area contributed by atoms with Gasteiger partial charge in [-0.1, -0.05) is 0 Å². The Morgan fingerprint density at radius 2 is 2.29 bits per heavy atom. The van der Waals surface area contributed by atoms with Gasteiger partial charge in [-0.3, -0.25) is 4.79 Å². The van der Waals surface area contributed by atoms with Crippen LogP contribution < -0.4 is 11.1 Å². The summed E-state index contributed by atoms with van der Waals surface area (Å²) in [6.45, 7) is -0.0145. The number of halogens is 1. The van der Waals surface area contributed by atoms with Gasteiger partial charge in [-0.25, -0.2) is 4.39 Å². The van der Waals surface area contributed by atoms with Crippen LogP contribution >= 0.6 is 0 Å². The number of anilines is 2. The van der Waals surface area contributed by atoms with Crippen molar-refractivity contribution in [1.82, 2.24) is 0 Å². The molecule has 0 aliphatic rings. The second-order valence-corrected chi connectivity index (χ2v) is 2.70. The van der Waals surface area contributed by atoms with Crippen molar-refractivity contribution >= 4 is 17.3 Å². The first-order valence-electron chi connectivity index (χ1n) is 3.98. The zero-order chi connectivity index (χ0) is 10.6. The van der Waals surface area contributed by atoms with Crippen LogP contribution in [0.1, 0.15) is 0 Å². The molecule has 4 nitrogen and oxygen atoms in total. The van der Waals surface area contributed by atoms with Crippen molar-refractivity contribution in [1.29, 1.82) is 0 Å². The molecule has 0 aliphatic carbocycles. The van der Waals surface area contributed by atoms with Gasteiger partial charge in [0.05, 0.1) is 7.11 Å². The Balaban J connectivity index is 2.63. The van der Waals surface area contributed by atoms with Gasteiger partial charge < -0.3 is 15.8 Å². The fourth-order valence-corrected chi connectivity index (χ4v) is 0.961. The van der Waals surface area contributed by atoms with Gasteiger partial charge in [0.15, 0.2) is 0 Å². The van der Waals surface area contributed by atoms with Gasteiger partial charge >= 0.3 is 5.97 Å². The summed E-state index contributed by atoms with van der Waals surface area (Å²) in [6, 6.07) is 3.98. The van der Waals surface area contributed by atoms with Crippen molar-refractivity contribution in [2.45, 2.75) is 0 Å². The molecular weight excluding hydrogens is 187 g/mol. The Morgan fingerprint density at radius 1 is 1.57 bits per heavy atom. The minimum absolute atomic E-state index is 0.0145. The van der Waals surface area contributed by atoms with Crippen LogP contribution in [0.2, 0.25) is 0 Å². The van der Waals surface area contributed by atoms with Crippen molar-refractivity contribution in [3.05, 3.63) is 24.0 Å². The van der Waals surface area contributed by atoms with Gasteiger partial charge in [0.2, 0.25) is 0 Å². The molecule has 0 amide bonds. The topological polar surface area (TPSA) is 64.3 Å². The van der Waals surface area contributed by atoms with E-state index in [0.717, 1.165) is 0 Å². The number of ether oxygens (including phenoxy) is 1. The molecule has 5 heteroatoms. The molecule has 0 aromatic heterocycles. The molecule has 0 fully saturated rings. The first kappa shape index (κ1) is 10.3. The molecule has 0 unspecified atom stereocenters. The van der Waals surface area contributed by atoms with E-state index in [1.165, 1.54) is 25.3 Å². The summed E-state index contributed by atoms with van der Waals surface area (Å²) in [5.74, 6) is -0.870. The van der Waals surface area contributed by atoms with E-state index in [-0.39, 0.29) is 6.54 Å². The summed E-state index contributed by atoms with van der Waals surface area (Å²) < 4.78 is 17.2. The van der Waals surface area contributed by atoms with E-state index in [0.29, 0.717) is 11.4 Å². The second-order valence-electron chi connectivity index (χ2n) is 2.70. The Labute approximate surface area is 80.9 Å². The van der Waals surface area contributed by atoms with Gasteiger partial charge in [-0.2, -0.15) is 0 Å². The number of hydrogen-bond donors (Lipinski definition) is 2. The number of nitrogens with one attached hydrogen (secondary N) is 1. The van der Waals surface area contributed by atoms with Gasteiger partial charge in [0.25, 0.3) is 0 Å². The smallest absolute Gasteiger partial charge is 0.325 e. The molecule has 76 valence electrons. The summed E-state index contributed by atoms with van der Waals surface area (Å²) in [6.07, 6.45) is 0.